The number of nitrogens with one attached hydrogen (secondary N) is 1. The van der Waals surface area contributed by atoms with Gasteiger partial charge < -0.3 is 4.90 Å². The molecular formula is C18H15N7O. The Morgan fingerprint density at radius 3 is 2.65 bits per heavy atom. The van der Waals surface area contributed by atoms with Crippen LogP contribution >= 0.6 is 0 Å². The van der Waals surface area contributed by atoms with Crippen LogP contribution in [0.1, 0.15) is 11.3 Å². The number of nitrogens with zero attached hydrogens (tertiary/aromatic N) is 6. The Morgan fingerprint density at radius 1 is 1.08 bits per heavy atom. The van der Waals surface area contributed by atoms with Crippen LogP contribution < -0.4 is 26.3 Å². The van der Waals surface area contributed by atoms with Crippen LogP contribution in [0.25, 0.3) is 11.6 Å². The highest BCUT2D eigenvalue weighted by Crippen LogP contribution is 2.34. The number of benzene rings is 1. The lowest BCUT2D eigenvalue weighted by Crippen LogP contribution is -2.28. The molecule has 0 radical (unpaired) electrons. The van der Waals surface area contributed by atoms with Crippen LogP contribution in [0.5, 0.6) is 0 Å². The Kier molecular flexibility index (Phi) is 3.11. The molecule has 0 bridgehead atoms. The van der Waals surface area contributed by atoms with E-state index in [2.05, 4.69) is 30.6 Å². The van der Waals surface area contributed by atoms with Crippen molar-refractivity contribution >= 4 is 23.5 Å². The van der Waals surface area contributed by atoms with Gasteiger partial charge >= 0.3 is 0 Å². The SMILES string of the molecule is CN1N=NC(=c2ccc(=C3N=Cc4ccc(=O)nc5c4N3CC5)cc2)N1. The van der Waals surface area contributed by atoms with E-state index >= 15 is 0 Å². The fraction of sp³-hybridized carbons (Fsp3) is 0.167. The molecule has 0 unspecified atom stereocenters. The van der Waals surface area contributed by atoms with Gasteiger partial charge in [0.25, 0.3) is 5.56 Å². The molecule has 1 aromatic carbocycles. The molecule has 0 saturated carbocycles. The first-order valence-electron chi connectivity index (χ1n) is 8.32. The minimum absolute atomic E-state index is 0.212. The van der Waals surface area contributed by atoms with Crippen molar-refractivity contribution in [1.82, 2.24) is 15.5 Å². The Labute approximate surface area is 148 Å². The summed E-state index contributed by atoms with van der Waals surface area (Å²) in [7, 11) is 1.79. The van der Waals surface area contributed by atoms with Gasteiger partial charge in [-0.1, -0.05) is 24.3 Å². The molecule has 3 aliphatic rings. The number of aliphatic imine (C=N–C) groups is 1. The molecule has 0 atom stereocenters. The number of rotatable bonds is 0. The van der Waals surface area contributed by atoms with Crippen molar-refractivity contribution in [3.63, 3.8) is 0 Å². The molecule has 2 aromatic rings. The maximum atomic E-state index is 11.8. The fourth-order valence-corrected chi connectivity index (χ4v) is 3.40. The smallest absolute Gasteiger partial charge is 0.270 e. The topological polar surface area (TPSA) is 85.5 Å². The number of hydrazine groups is 1. The molecule has 0 amide bonds. The maximum Gasteiger partial charge on any atom is 0.270 e. The second-order valence-electron chi connectivity index (χ2n) is 6.27. The lowest BCUT2D eigenvalue weighted by Gasteiger charge is -2.23. The van der Waals surface area contributed by atoms with Gasteiger partial charge in [-0.3, -0.25) is 10.2 Å². The van der Waals surface area contributed by atoms with Gasteiger partial charge in [0.2, 0.25) is 0 Å². The van der Waals surface area contributed by atoms with E-state index in [1.165, 1.54) is 6.07 Å². The predicted molar refractivity (Wildman–Crippen MR) is 97.4 cm³/mol. The third-order valence-electron chi connectivity index (χ3n) is 4.58. The van der Waals surface area contributed by atoms with Gasteiger partial charge in [0.05, 0.1) is 11.4 Å². The van der Waals surface area contributed by atoms with Gasteiger partial charge in [0.15, 0.2) is 5.82 Å². The molecular weight excluding hydrogens is 330 g/mol. The van der Waals surface area contributed by atoms with E-state index in [-0.39, 0.29) is 5.56 Å². The quantitative estimate of drug-likeness (QED) is 0.720. The van der Waals surface area contributed by atoms with Gasteiger partial charge in [-0.05, 0) is 11.3 Å². The summed E-state index contributed by atoms with van der Waals surface area (Å²) in [6, 6.07) is 11.3. The summed E-state index contributed by atoms with van der Waals surface area (Å²) in [5.74, 6) is 1.58. The van der Waals surface area contributed by atoms with Gasteiger partial charge in [-0.2, -0.15) is 5.12 Å². The van der Waals surface area contributed by atoms with E-state index in [1.54, 1.807) is 18.2 Å². The Bertz CT molecular complexity index is 1150. The van der Waals surface area contributed by atoms with Crippen LogP contribution in [0.3, 0.4) is 0 Å². The van der Waals surface area contributed by atoms with E-state index < -0.39 is 0 Å². The molecule has 5 rings (SSSR count). The monoisotopic (exact) mass is 345 g/mol. The fourth-order valence-electron chi connectivity index (χ4n) is 3.40. The van der Waals surface area contributed by atoms with Crippen LogP contribution in [0, 0.1) is 0 Å². The zero-order valence-electron chi connectivity index (χ0n) is 14.0. The molecule has 26 heavy (non-hydrogen) atoms. The summed E-state index contributed by atoms with van der Waals surface area (Å²) in [5.41, 5.74) is 5.60. The van der Waals surface area contributed by atoms with Gasteiger partial charge in [-0.25, -0.2) is 9.98 Å². The molecule has 0 saturated heterocycles. The molecule has 4 heterocycles. The molecule has 0 aliphatic carbocycles. The summed E-state index contributed by atoms with van der Waals surface area (Å²) in [6.07, 6.45) is 2.55. The second-order valence-corrected chi connectivity index (χ2v) is 6.27. The highest BCUT2D eigenvalue weighted by molar-refractivity contribution is 5.98. The van der Waals surface area contributed by atoms with Crippen LogP contribution in [0.15, 0.2) is 56.5 Å². The first-order valence-corrected chi connectivity index (χ1v) is 8.32. The van der Waals surface area contributed by atoms with Crippen LogP contribution in [0.2, 0.25) is 0 Å². The Morgan fingerprint density at radius 2 is 1.88 bits per heavy atom. The largest absolute Gasteiger partial charge is 0.323 e. The molecule has 1 N–H and O–H groups in total. The average molecular weight is 345 g/mol. The van der Waals surface area contributed by atoms with Gasteiger partial charge in [0, 0.05) is 48.3 Å². The lowest BCUT2D eigenvalue weighted by atomic mass is 10.2. The third kappa shape index (κ3) is 2.26. The first kappa shape index (κ1) is 14.8. The Hall–Kier alpha value is -3.55. The van der Waals surface area contributed by atoms with E-state index in [9.17, 15) is 4.79 Å². The second kappa shape index (κ2) is 5.48. The lowest BCUT2D eigenvalue weighted by molar-refractivity contribution is 0.313. The van der Waals surface area contributed by atoms with Gasteiger partial charge in [-0.15, -0.1) is 5.11 Å². The van der Waals surface area contributed by atoms with E-state index in [1.807, 2.05) is 30.5 Å². The third-order valence-corrected chi connectivity index (χ3v) is 4.58. The summed E-state index contributed by atoms with van der Waals surface area (Å²) in [5, 5.41) is 11.5. The van der Waals surface area contributed by atoms with Crippen molar-refractivity contribution in [2.75, 3.05) is 18.5 Å². The zero-order chi connectivity index (χ0) is 17.7. The van der Waals surface area contributed by atoms with Crippen molar-refractivity contribution in [3.8, 4) is 0 Å². The van der Waals surface area contributed by atoms with Gasteiger partial charge in [0.1, 0.15) is 5.82 Å². The average Bonchev–Trinajstić information content (AvgIpc) is 3.23. The molecule has 8 heteroatoms. The molecule has 0 fully saturated rings. The van der Waals surface area contributed by atoms with E-state index in [0.29, 0.717) is 5.82 Å². The van der Waals surface area contributed by atoms with E-state index in [0.717, 1.165) is 46.2 Å². The number of aromatic nitrogens is 1. The minimum atomic E-state index is -0.212. The molecule has 0 spiro atoms. The number of anilines is 1. The highest BCUT2D eigenvalue weighted by atomic mass is 16.1. The predicted octanol–water partition coefficient (Wildman–Crippen LogP) is -0.114. The standard InChI is InChI=1S/C18H15N7O/c1-24-22-17(21-23-24)11-2-4-12(5-3-11)18-19-10-13-6-7-15(26)20-14-8-9-25(18)16(13)14/h2-7,10,22H,8-9H2,1H3. The summed E-state index contributed by atoms with van der Waals surface area (Å²) >= 11 is 0. The van der Waals surface area contributed by atoms with Crippen molar-refractivity contribution < 1.29 is 0 Å². The van der Waals surface area contributed by atoms with Crippen molar-refractivity contribution in [3.05, 3.63) is 68.4 Å². The maximum absolute atomic E-state index is 11.8. The van der Waals surface area contributed by atoms with Crippen molar-refractivity contribution in [1.29, 1.82) is 0 Å². The highest BCUT2D eigenvalue weighted by Gasteiger charge is 2.28. The molecule has 3 aliphatic heterocycles. The summed E-state index contributed by atoms with van der Waals surface area (Å²) < 4.78 is 0. The van der Waals surface area contributed by atoms with Crippen LogP contribution in [-0.2, 0) is 6.42 Å². The summed E-state index contributed by atoms with van der Waals surface area (Å²) in [6.45, 7) is 0.769. The normalized spacial score (nSPS) is 17.0. The zero-order valence-corrected chi connectivity index (χ0v) is 14.0. The first-order chi connectivity index (χ1) is 12.7. The van der Waals surface area contributed by atoms with Crippen molar-refractivity contribution in [2.24, 2.45) is 15.3 Å². The number of hydrogen-bond acceptors (Lipinski definition) is 8. The van der Waals surface area contributed by atoms with E-state index in [4.69, 9.17) is 0 Å². The summed E-state index contributed by atoms with van der Waals surface area (Å²) in [4.78, 5) is 22.7. The minimum Gasteiger partial charge on any atom is -0.323 e. The van der Waals surface area contributed by atoms with Crippen LogP contribution in [-0.4, -0.2) is 29.9 Å². The van der Waals surface area contributed by atoms with Crippen molar-refractivity contribution in [2.45, 2.75) is 6.42 Å². The molecule has 128 valence electrons. The van der Waals surface area contributed by atoms with Crippen LogP contribution in [0.4, 0.5) is 5.69 Å². The number of hydrogen-bond donors (Lipinski definition) is 1. The molecule has 1 aromatic heterocycles. The molecule has 8 nitrogen and oxygen atoms in total. The Balaban J connectivity index is 1.65.